The van der Waals surface area contributed by atoms with Crippen LogP contribution >= 0.6 is 11.3 Å². The van der Waals surface area contributed by atoms with Crippen LogP contribution in [-0.4, -0.2) is 42.4 Å². The van der Waals surface area contributed by atoms with Crippen LogP contribution in [0, 0.1) is 0 Å². The van der Waals surface area contributed by atoms with E-state index in [1.54, 1.807) is 14.9 Å². The second-order valence-corrected chi connectivity index (χ2v) is 23.4. The molecule has 0 aliphatic carbocycles. The summed E-state index contributed by atoms with van der Waals surface area (Å²) in [6.07, 6.45) is 13.9. The quantitative estimate of drug-likeness (QED) is 0.202. The van der Waals surface area contributed by atoms with Gasteiger partial charge in [0.2, 0.25) is 0 Å². The molecule has 0 saturated carbocycles. The fourth-order valence-electron chi connectivity index (χ4n) is 4.41. The van der Waals surface area contributed by atoms with Gasteiger partial charge < -0.3 is 0 Å². The zero-order chi connectivity index (χ0) is 23.0. The van der Waals surface area contributed by atoms with Crippen LogP contribution in [0.25, 0.3) is 23.3 Å². The maximum atomic E-state index is 6.20. The second-order valence-electron chi connectivity index (χ2n) is 9.10. The molecule has 32 heavy (non-hydrogen) atoms. The van der Waals surface area contributed by atoms with Gasteiger partial charge in [-0.05, 0) is 0 Å². The van der Waals surface area contributed by atoms with E-state index in [0.717, 1.165) is 21.1 Å². The first-order chi connectivity index (χ1) is 15.5. The van der Waals surface area contributed by atoms with E-state index < -0.39 is 18.4 Å². The number of anilines is 1. The zero-order valence-electron chi connectivity index (χ0n) is 20.5. The number of oxazole rings is 1. The number of hydrogen-bond donors (Lipinski definition) is 0. The molecule has 0 bridgehead atoms. The molecule has 0 N–H and O–H groups in total. The van der Waals surface area contributed by atoms with E-state index in [2.05, 4.69) is 44.0 Å². The summed E-state index contributed by atoms with van der Waals surface area (Å²) in [6, 6.07) is 6.98. The molecule has 2 aromatic heterocycles. The minimum atomic E-state index is -2.46. The van der Waals surface area contributed by atoms with E-state index in [4.69, 9.17) is 9.40 Å². The molecule has 0 aliphatic heterocycles. The Morgan fingerprint density at radius 1 is 0.969 bits per heavy atom. The first-order valence-electron chi connectivity index (χ1n) is 12.2. The number of rotatable bonds is 13. The third-order valence-corrected chi connectivity index (χ3v) is 23.1. The van der Waals surface area contributed by atoms with Crippen molar-refractivity contribution in [2.45, 2.75) is 72.6 Å². The third kappa shape index (κ3) is 6.37. The van der Waals surface area contributed by atoms with Gasteiger partial charge >= 0.3 is 203 Å². The van der Waals surface area contributed by atoms with Crippen LogP contribution in [0.1, 0.15) is 70.1 Å². The summed E-state index contributed by atoms with van der Waals surface area (Å²) in [6.45, 7) is 7.00. The minimum absolute atomic E-state index is 0.674. The monoisotopic (exact) mass is 561 g/mol. The second kappa shape index (κ2) is 12.2. The van der Waals surface area contributed by atoms with Gasteiger partial charge in [0.15, 0.2) is 0 Å². The zero-order valence-corrected chi connectivity index (χ0v) is 24.2. The summed E-state index contributed by atoms with van der Waals surface area (Å²) in [5.74, 6) is 0.674. The SMILES string of the molecule is CCC[CH2][Sn]([CH2]CCC)([CH2]CCC)[c]1ccc2nc(C=Cc3cnc(N(C)C)s3)oc2c1. The van der Waals surface area contributed by atoms with Gasteiger partial charge in [-0.3, -0.25) is 0 Å². The number of unbranched alkanes of at least 4 members (excludes halogenated alkanes) is 3. The van der Waals surface area contributed by atoms with Gasteiger partial charge in [-0.2, -0.15) is 0 Å². The molecular weight excluding hydrogens is 521 g/mol. The first-order valence-corrected chi connectivity index (χ1v) is 20.5. The van der Waals surface area contributed by atoms with E-state index in [1.807, 2.05) is 37.3 Å². The average molecular weight is 560 g/mol. The molecule has 0 atom stereocenters. The van der Waals surface area contributed by atoms with Crippen LogP contribution in [0.3, 0.4) is 0 Å². The summed E-state index contributed by atoms with van der Waals surface area (Å²) in [7, 11) is 4.02. The van der Waals surface area contributed by atoms with Gasteiger partial charge in [-0.15, -0.1) is 0 Å². The van der Waals surface area contributed by atoms with Crippen molar-refractivity contribution in [1.82, 2.24) is 9.97 Å². The molecule has 0 fully saturated rings. The van der Waals surface area contributed by atoms with Crippen molar-refractivity contribution in [3.8, 4) is 0 Å². The Hall–Kier alpha value is -1.34. The molecule has 174 valence electrons. The van der Waals surface area contributed by atoms with E-state index in [1.165, 1.54) is 51.8 Å². The number of nitrogens with zero attached hydrogens (tertiary/aromatic N) is 3. The van der Waals surface area contributed by atoms with Gasteiger partial charge in [0.05, 0.1) is 0 Å². The van der Waals surface area contributed by atoms with Crippen molar-refractivity contribution in [3.63, 3.8) is 0 Å². The van der Waals surface area contributed by atoms with Crippen molar-refractivity contribution in [3.05, 3.63) is 35.2 Å². The van der Waals surface area contributed by atoms with Gasteiger partial charge in [-0.25, -0.2) is 0 Å². The molecule has 0 aliphatic rings. The molecule has 3 rings (SSSR count). The van der Waals surface area contributed by atoms with E-state index >= 15 is 0 Å². The molecule has 4 nitrogen and oxygen atoms in total. The summed E-state index contributed by atoms with van der Waals surface area (Å²) in [5, 5.41) is 1.00. The molecule has 0 amide bonds. The first kappa shape index (κ1) is 25.3. The molecular formula is C26H39N3OSSn. The Kier molecular flexibility index (Phi) is 9.65. The van der Waals surface area contributed by atoms with Crippen LogP contribution in [0.2, 0.25) is 13.3 Å². The predicted octanol–water partition coefficient (Wildman–Crippen LogP) is 7.58. The number of thiazole rings is 1. The van der Waals surface area contributed by atoms with E-state index in [9.17, 15) is 0 Å². The van der Waals surface area contributed by atoms with Crippen molar-refractivity contribution in [2.75, 3.05) is 19.0 Å². The Balaban J connectivity index is 1.89. The Bertz CT molecular complexity index is 986. The van der Waals surface area contributed by atoms with Crippen LogP contribution in [0.15, 0.2) is 28.8 Å². The molecule has 0 radical (unpaired) electrons. The molecule has 0 unspecified atom stereocenters. The maximum absolute atomic E-state index is 6.20. The fraction of sp³-hybridized carbons (Fsp3) is 0.538. The number of fused-ring (bicyclic) bond motifs is 1. The summed E-state index contributed by atoms with van der Waals surface area (Å²) < 4.78 is 12.3. The standard InChI is InChI=1S/C14H12N3OS.3C4H9.Sn/c1-17(2)14-15-9-10(19-14)7-8-13-16-11-5-3-4-6-12(11)18-13;3*1-3-4-2;/h3,5-9H,1-2H3;3*1,3-4H2,2H3;. The van der Waals surface area contributed by atoms with Crippen LogP contribution < -0.4 is 8.48 Å². The third-order valence-electron chi connectivity index (χ3n) is 6.33. The van der Waals surface area contributed by atoms with Gasteiger partial charge in [-0.1, -0.05) is 0 Å². The van der Waals surface area contributed by atoms with Crippen molar-refractivity contribution in [1.29, 1.82) is 0 Å². The molecule has 3 aromatic rings. The van der Waals surface area contributed by atoms with E-state index in [-0.39, 0.29) is 0 Å². The normalized spacial score (nSPS) is 12.3. The Morgan fingerprint density at radius 3 is 2.19 bits per heavy atom. The van der Waals surface area contributed by atoms with E-state index in [0.29, 0.717) is 5.89 Å². The fourth-order valence-corrected chi connectivity index (χ4v) is 21.1. The Labute approximate surface area is 202 Å². The van der Waals surface area contributed by atoms with Crippen LogP contribution in [0.4, 0.5) is 5.13 Å². The van der Waals surface area contributed by atoms with Crippen molar-refractivity contribution >= 4 is 61.7 Å². The van der Waals surface area contributed by atoms with Gasteiger partial charge in [0.1, 0.15) is 0 Å². The summed E-state index contributed by atoms with van der Waals surface area (Å²) in [4.78, 5) is 12.3. The molecule has 1 aromatic carbocycles. The number of hydrogen-bond acceptors (Lipinski definition) is 5. The van der Waals surface area contributed by atoms with Crippen LogP contribution in [-0.2, 0) is 0 Å². The van der Waals surface area contributed by atoms with Crippen LogP contribution in [0.5, 0.6) is 0 Å². The molecule has 0 saturated heterocycles. The molecule has 0 spiro atoms. The van der Waals surface area contributed by atoms with Gasteiger partial charge in [0.25, 0.3) is 0 Å². The molecule has 2 heterocycles. The average Bonchev–Trinajstić information content (AvgIpc) is 3.44. The van der Waals surface area contributed by atoms with Crippen molar-refractivity contribution in [2.24, 2.45) is 0 Å². The number of aromatic nitrogens is 2. The number of benzene rings is 1. The summed E-state index contributed by atoms with van der Waals surface area (Å²) in [5.41, 5.74) is 1.92. The predicted molar refractivity (Wildman–Crippen MR) is 144 cm³/mol. The van der Waals surface area contributed by atoms with Crippen molar-refractivity contribution < 1.29 is 4.42 Å². The Morgan fingerprint density at radius 2 is 1.62 bits per heavy atom. The topological polar surface area (TPSA) is 42.2 Å². The summed E-state index contributed by atoms with van der Waals surface area (Å²) >= 11 is -0.794. The van der Waals surface area contributed by atoms with Gasteiger partial charge in [0, 0.05) is 0 Å². The molecule has 6 heteroatoms.